The van der Waals surface area contributed by atoms with Crippen LogP contribution in [-0.2, 0) is 4.74 Å². The minimum Gasteiger partial charge on any atom is -0.465 e. The Kier molecular flexibility index (Phi) is 4.24. The highest BCUT2D eigenvalue weighted by Gasteiger charge is 2.17. The van der Waals surface area contributed by atoms with Crippen LogP contribution in [0.2, 0.25) is 0 Å². The van der Waals surface area contributed by atoms with Gasteiger partial charge in [0, 0.05) is 5.56 Å². The van der Waals surface area contributed by atoms with Gasteiger partial charge in [0.15, 0.2) is 0 Å². The monoisotopic (exact) mass is 320 g/mol. The number of esters is 1. The molecule has 0 N–H and O–H groups in total. The van der Waals surface area contributed by atoms with Crippen LogP contribution in [0.15, 0.2) is 65.5 Å². The Morgan fingerprint density at radius 2 is 1.71 bits per heavy atom. The first kappa shape index (κ1) is 15.7. The van der Waals surface area contributed by atoms with Gasteiger partial charge in [-0.2, -0.15) is 9.78 Å². The van der Waals surface area contributed by atoms with E-state index in [9.17, 15) is 9.59 Å². The average Bonchev–Trinajstić information content (AvgIpc) is 2.63. The zero-order valence-electron chi connectivity index (χ0n) is 13.4. The number of aryl methyl sites for hydroxylation is 1. The van der Waals surface area contributed by atoms with Crippen molar-refractivity contribution < 1.29 is 9.53 Å². The summed E-state index contributed by atoms with van der Waals surface area (Å²) in [5.74, 6) is -0.680. The number of aromatic nitrogens is 2. The molecule has 0 aliphatic carbocycles. The number of carbonyl (C=O) groups excluding carboxylic acids is 1. The standard InChI is InChI=1S/C19H16N2O3/c1-13-8-10-14(11-9-13)17-12-16(19(23)24-2)18(22)21(20-17)15-6-4-3-5-7-15/h3-12H,1-2H3. The lowest BCUT2D eigenvalue weighted by molar-refractivity contribution is 0.0598. The summed E-state index contributed by atoms with van der Waals surface area (Å²) in [7, 11) is 1.25. The van der Waals surface area contributed by atoms with Gasteiger partial charge in [-0.3, -0.25) is 4.79 Å². The third-order valence-electron chi connectivity index (χ3n) is 3.66. The van der Waals surface area contributed by atoms with E-state index in [2.05, 4.69) is 5.10 Å². The first-order valence-corrected chi connectivity index (χ1v) is 7.45. The molecule has 0 unspecified atom stereocenters. The van der Waals surface area contributed by atoms with Crippen LogP contribution in [0.1, 0.15) is 15.9 Å². The van der Waals surface area contributed by atoms with Crippen LogP contribution < -0.4 is 5.56 Å². The van der Waals surface area contributed by atoms with Crippen molar-refractivity contribution in [1.82, 2.24) is 9.78 Å². The summed E-state index contributed by atoms with van der Waals surface area (Å²) in [6, 6.07) is 18.1. The molecule has 0 aliphatic heterocycles. The fourth-order valence-corrected chi connectivity index (χ4v) is 2.36. The maximum absolute atomic E-state index is 12.6. The van der Waals surface area contributed by atoms with Crippen LogP contribution in [0.5, 0.6) is 0 Å². The average molecular weight is 320 g/mol. The van der Waals surface area contributed by atoms with Gasteiger partial charge in [0.2, 0.25) is 0 Å². The summed E-state index contributed by atoms with van der Waals surface area (Å²) in [6.45, 7) is 1.99. The molecule has 0 fully saturated rings. The van der Waals surface area contributed by atoms with Gasteiger partial charge < -0.3 is 4.74 Å². The molecule has 0 radical (unpaired) electrons. The second kappa shape index (κ2) is 6.50. The summed E-state index contributed by atoms with van der Waals surface area (Å²) in [5, 5.41) is 4.42. The van der Waals surface area contributed by atoms with Crippen LogP contribution in [0.3, 0.4) is 0 Å². The van der Waals surface area contributed by atoms with Crippen LogP contribution in [-0.4, -0.2) is 22.9 Å². The summed E-state index contributed by atoms with van der Waals surface area (Å²) >= 11 is 0. The molecule has 0 saturated carbocycles. The Morgan fingerprint density at radius 1 is 1.04 bits per heavy atom. The van der Waals surface area contributed by atoms with Crippen LogP contribution in [0.25, 0.3) is 16.9 Å². The highest BCUT2D eigenvalue weighted by Crippen LogP contribution is 2.18. The van der Waals surface area contributed by atoms with E-state index < -0.39 is 11.5 Å². The molecule has 3 rings (SSSR count). The number of rotatable bonds is 3. The van der Waals surface area contributed by atoms with Crippen molar-refractivity contribution in [3.8, 4) is 16.9 Å². The van der Waals surface area contributed by atoms with Crippen LogP contribution in [0.4, 0.5) is 0 Å². The molecule has 0 atom stereocenters. The van der Waals surface area contributed by atoms with E-state index in [1.807, 2.05) is 37.3 Å². The second-order valence-corrected chi connectivity index (χ2v) is 5.35. The third kappa shape index (κ3) is 2.96. The number of hydrogen-bond acceptors (Lipinski definition) is 4. The maximum atomic E-state index is 12.6. The highest BCUT2D eigenvalue weighted by molar-refractivity contribution is 5.90. The Bertz CT molecular complexity index is 929. The second-order valence-electron chi connectivity index (χ2n) is 5.35. The maximum Gasteiger partial charge on any atom is 0.343 e. The first-order chi connectivity index (χ1) is 11.6. The van der Waals surface area contributed by atoms with Gasteiger partial charge >= 0.3 is 5.97 Å². The molecule has 0 spiro atoms. The molecule has 5 nitrogen and oxygen atoms in total. The molecule has 0 saturated heterocycles. The predicted octanol–water partition coefficient (Wildman–Crippen LogP) is 2.99. The van der Waals surface area contributed by atoms with E-state index in [0.29, 0.717) is 11.4 Å². The van der Waals surface area contributed by atoms with Gasteiger partial charge in [0.1, 0.15) is 5.56 Å². The van der Waals surface area contributed by atoms with Gasteiger partial charge in [-0.25, -0.2) is 4.79 Å². The summed E-state index contributed by atoms with van der Waals surface area (Å²) in [4.78, 5) is 24.6. The smallest absolute Gasteiger partial charge is 0.343 e. The zero-order chi connectivity index (χ0) is 17.1. The van der Waals surface area contributed by atoms with Gasteiger partial charge in [-0.1, -0.05) is 48.0 Å². The molecule has 24 heavy (non-hydrogen) atoms. The molecule has 5 heteroatoms. The molecule has 1 aromatic heterocycles. The normalized spacial score (nSPS) is 10.4. The number of methoxy groups -OCH3 is 1. The van der Waals surface area contributed by atoms with Crippen molar-refractivity contribution in [2.75, 3.05) is 7.11 Å². The van der Waals surface area contributed by atoms with Crippen molar-refractivity contribution in [3.63, 3.8) is 0 Å². The minimum absolute atomic E-state index is 0.0491. The van der Waals surface area contributed by atoms with Gasteiger partial charge in [-0.05, 0) is 25.1 Å². The number of benzene rings is 2. The van der Waals surface area contributed by atoms with E-state index in [-0.39, 0.29) is 5.56 Å². The third-order valence-corrected chi connectivity index (χ3v) is 3.66. The number of carbonyl (C=O) groups is 1. The zero-order valence-corrected chi connectivity index (χ0v) is 13.4. The lowest BCUT2D eigenvalue weighted by Crippen LogP contribution is -2.28. The van der Waals surface area contributed by atoms with Gasteiger partial charge in [0.25, 0.3) is 5.56 Å². The fourth-order valence-electron chi connectivity index (χ4n) is 2.36. The SMILES string of the molecule is COC(=O)c1cc(-c2ccc(C)cc2)nn(-c2ccccc2)c1=O. The summed E-state index contributed by atoms with van der Waals surface area (Å²) in [6.07, 6.45) is 0. The Balaban J connectivity index is 2.25. The van der Waals surface area contributed by atoms with Crippen molar-refractivity contribution in [2.45, 2.75) is 6.92 Å². The largest absolute Gasteiger partial charge is 0.465 e. The molecule has 1 heterocycles. The van der Waals surface area contributed by atoms with Crippen molar-refractivity contribution >= 4 is 5.97 Å². The molecule has 120 valence electrons. The minimum atomic E-state index is -0.680. The Morgan fingerprint density at radius 3 is 2.33 bits per heavy atom. The Labute approximate surface area is 139 Å². The van der Waals surface area contributed by atoms with E-state index in [1.165, 1.54) is 17.9 Å². The molecule has 0 amide bonds. The Hall–Kier alpha value is -3.21. The van der Waals surface area contributed by atoms with E-state index in [4.69, 9.17) is 4.74 Å². The molecule has 3 aromatic rings. The van der Waals surface area contributed by atoms with E-state index in [0.717, 1.165) is 11.1 Å². The van der Waals surface area contributed by atoms with E-state index >= 15 is 0 Å². The van der Waals surface area contributed by atoms with E-state index in [1.54, 1.807) is 24.3 Å². The first-order valence-electron chi connectivity index (χ1n) is 7.45. The number of para-hydroxylation sites is 1. The molecular formula is C19H16N2O3. The van der Waals surface area contributed by atoms with Gasteiger partial charge in [0.05, 0.1) is 18.5 Å². The number of ether oxygens (including phenoxy) is 1. The highest BCUT2D eigenvalue weighted by atomic mass is 16.5. The molecule has 2 aromatic carbocycles. The molecule has 0 bridgehead atoms. The number of nitrogens with zero attached hydrogens (tertiary/aromatic N) is 2. The summed E-state index contributed by atoms with van der Waals surface area (Å²) < 4.78 is 5.96. The van der Waals surface area contributed by atoms with Crippen molar-refractivity contribution in [2.24, 2.45) is 0 Å². The predicted molar refractivity (Wildman–Crippen MR) is 91.3 cm³/mol. The van der Waals surface area contributed by atoms with Crippen molar-refractivity contribution in [1.29, 1.82) is 0 Å². The molecular weight excluding hydrogens is 304 g/mol. The van der Waals surface area contributed by atoms with Crippen molar-refractivity contribution in [3.05, 3.63) is 82.1 Å². The number of hydrogen-bond donors (Lipinski definition) is 0. The van der Waals surface area contributed by atoms with Gasteiger partial charge in [-0.15, -0.1) is 0 Å². The topological polar surface area (TPSA) is 61.2 Å². The fraction of sp³-hybridized carbons (Fsp3) is 0.105. The quantitative estimate of drug-likeness (QED) is 0.696. The lowest BCUT2D eigenvalue weighted by atomic mass is 10.1. The van der Waals surface area contributed by atoms with Crippen LogP contribution in [0, 0.1) is 6.92 Å². The van der Waals surface area contributed by atoms with Crippen LogP contribution >= 0.6 is 0 Å². The molecule has 0 aliphatic rings. The summed E-state index contributed by atoms with van der Waals surface area (Å²) in [5.41, 5.74) is 2.48. The lowest BCUT2D eigenvalue weighted by Gasteiger charge is -2.10.